The smallest absolute Gasteiger partial charge is 0.143 e. The van der Waals surface area contributed by atoms with Crippen LogP contribution < -0.4 is 5.32 Å². The first-order valence-corrected chi connectivity index (χ1v) is 7.01. The number of hydrogen-bond acceptors (Lipinski definition) is 5. The van der Waals surface area contributed by atoms with E-state index in [0.29, 0.717) is 0 Å². The molecule has 0 amide bonds. The molecule has 0 saturated heterocycles. The first-order valence-electron chi connectivity index (χ1n) is 5.32. The Bertz CT molecular complexity index is 609. The van der Waals surface area contributed by atoms with Crippen molar-refractivity contribution in [2.75, 3.05) is 7.05 Å². The monoisotopic (exact) mass is 261 g/mol. The Hall–Kier alpha value is -1.30. The zero-order valence-electron chi connectivity index (χ0n) is 9.30. The highest BCUT2D eigenvalue weighted by Crippen LogP contribution is 2.30. The summed E-state index contributed by atoms with van der Waals surface area (Å²) in [5.41, 5.74) is 2.04. The molecule has 3 aromatic rings. The van der Waals surface area contributed by atoms with Gasteiger partial charge >= 0.3 is 0 Å². The van der Waals surface area contributed by atoms with Gasteiger partial charge in [0.1, 0.15) is 15.7 Å². The van der Waals surface area contributed by atoms with Gasteiger partial charge in [0.05, 0.1) is 10.2 Å². The fraction of sp³-hybridized carbons (Fsp3) is 0.167. The van der Waals surface area contributed by atoms with Gasteiger partial charge in [-0.15, -0.1) is 22.7 Å². The largest absolute Gasteiger partial charge is 0.314 e. The van der Waals surface area contributed by atoms with Gasteiger partial charge in [-0.25, -0.2) is 9.97 Å². The van der Waals surface area contributed by atoms with E-state index in [2.05, 4.69) is 26.7 Å². The van der Waals surface area contributed by atoms with Gasteiger partial charge in [0.15, 0.2) is 0 Å². The van der Waals surface area contributed by atoms with Crippen LogP contribution in [0.2, 0.25) is 0 Å². The predicted octanol–water partition coefficient (Wildman–Crippen LogP) is 3.14. The molecule has 0 bridgehead atoms. The van der Waals surface area contributed by atoms with Crippen LogP contribution in [0.15, 0.2) is 29.6 Å². The van der Waals surface area contributed by atoms with Crippen molar-refractivity contribution in [3.63, 3.8) is 0 Å². The third-order valence-corrected chi connectivity index (χ3v) is 4.30. The van der Waals surface area contributed by atoms with Crippen LogP contribution >= 0.6 is 22.7 Å². The second-order valence-electron chi connectivity index (χ2n) is 3.64. The first-order chi connectivity index (χ1) is 8.36. The Morgan fingerprint density at radius 3 is 2.94 bits per heavy atom. The van der Waals surface area contributed by atoms with Gasteiger partial charge in [-0.2, -0.15) is 0 Å². The fourth-order valence-corrected chi connectivity index (χ4v) is 3.41. The van der Waals surface area contributed by atoms with E-state index < -0.39 is 0 Å². The molecule has 0 unspecified atom stereocenters. The maximum atomic E-state index is 4.60. The van der Waals surface area contributed by atoms with E-state index in [1.165, 1.54) is 4.70 Å². The summed E-state index contributed by atoms with van der Waals surface area (Å²) < 4.78 is 1.21. The molecule has 3 rings (SSSR count). The van der Waals surface area contributed by atoms with Crippen LogP contribution in [0.4, 0.5) is 0 Å². The number of aromatic nitrogens is 2. The number of rotatable bonds is 3. The molecule has 2 heterocycles. The number of hydrogen-bond donors (Lipinski definition) is 1. The van der Waals surface area contributed by atoms with Crippen molar-refractivity contribution in [3.05, 3.63) is 34.7 Å². The van der Waals surface area contributed by atoms with Crippen LogP contribution in [0.3, 0.4) is 0 Å². The number of thiazole rings is 2. The van der Waals surface area contributed by atoms with Crippen molar-refractivity contribution in [2.24, 2.45) is 0 Å². The average molecular weight is 261 g/mol. The Morgan fingerprint density at radius 2 is 2.12 bits per heavy atom. The normalized spacial score (nSPS) is 11.1. The summed E-state index contributed by atoms with van der Waals surface area (Å²) in [4.78, 5) is 9.17. The molecule has 0 radical (unpaired) electrons. The quantitative estimate of drug-likeness (QED) is 0.787. The standard InChI is InChI=1S/C12H11N3S2/c1-13-6-11-14-9(7-16-11)12-15-8-4-2-3-5-10(8)17-12/h2-5,7,13H,6H2,1H3. The molecule has 17 heavy (non-hydrogen) atoms. The summed E-state index contributed by atoms with van der Waals surface area (Å²) >= 11 is 3.37. The molecule has 0 atom stereocenters. The number of fused-ring (bicyclic) bond motifs is 1. The van der Waals surface area contributed by atoms with Crippen LogP contribution in [0.1, 0.15) is 5.01 Å². The van der Waals surface area contributed by atoms with Gasteiger partial charge in [-0.1, -0.05) is 12.1 Å². The molecular formula is C12H11N3S2. The minimum absolute atomic E-state index is 0.815. The lowest BCUT2D eigenvalue weighted by atomic mass is 10.3. The molecule has 0 saturated carbocycles. The number of nitrogens with zero attached hydrogens (tertiary/aromatic N) is 2. The summed E-state index contributed by atoms with van der Waals surface area (Å²) in [6.07, 6.45) is 0. The number of para-hydroxylation sites is 1. The number of nitrogens with one attached hydrogen (secondary N) is 1. The van der Waals surface area contributed by atoms with Gasteiger partial charge in [0, 0.05) is 11.9 Å². The third-order valence-electron chi connectivity index (χ3n) is 2.39. The van der Waals surface area contributed by atoms with Crippen LogP contribution in [-0.4, -0.2) is 17.0 Å². The van der Waals surface area contributed by atoms with Crippen LogP contribution in [0.25, 0.3) is 20.9 Å². The van der Waals surface area contributed by atoms with Crippen molar-refractivity contribution in [3.8, 4) is 10.7 Å². The van der Waals surface area contributed by atoms with E-state index in [1.54, 1.807) is 22.7 Å². The van der Waals surface area contributed by atoms with Crippen LogP contribution in [-0.2, 0) is 6.54 Å². The lowest BCUT2D eigenvalue weighted by molar-refractivity contribution is 0.811. The molecule has 2 aromatic heterocycles. The number of benzene rings is 1. The summed E-state index contributed by atoms with van der Waals surface area (Å²) in [5, 5.41) is 7.28. The molecule has 1 N–H and O–H groups in total. The van der Waals surface area contributed by atoms with Crippen LogP contribution in [0.5, 0.6) is 0 Å². The van der Waals surface area contributed by atoms with Gasteiger partial charge < -0.3 is 5.32 Å². The Morgan fingerprint density at radius 1 is 1.24 bits per heavy atom. The van der Waals surface area contributed by atoms with E-state index >= 15 is 0 Å². The van der Waals surface area contributed by atoms with Gasteiger partial charge in [0.2, 0.25) is 0 Å². The molecule has 0 fully saturated rings. The fourth-order valence-electron chi connectivity index (χ4n) is 1.62. The van der Waals surface area contributed by atoms with Crippen molar-refractivity contribution in [1.29, 1.82) is 0 Å². The van der Waals surface area contributed by atoms with Gasteiger partial charge in [-0.05, 0) is 19.2 Å². The molecule has 0 spiro atoms. The summed E-state index contributed by atoms with van der Waals surface area (Å²) in [7, 11) is 1.93. The highest BCUT2D eigenvalue weighted by Gasteiger charge is 2.09. The molecule has 1 aromatic carbocycles. The molecular weight excluding hydrogens is 250 g/mol. The molecule has 5 heteroatoms. The maximum Gasteiger partial charge on any atom is 0.143 e. The van der Waals surface area contributed by atoms with Crippen molar-refractivity contribution in [2.45, 2.75) is 6.54 Å². The van der Waals surface area contributed by atoms with E-state index in [4.69, 9.17) is 0 Å². The predicted molar refractivity (Wildman–Crippen MR) is 73.5 cm³/mol. The third kappa shape index (κ3) is 2.09. The highest BCUT2D eigenvalue weighted by molar-refractivity contribution is 7.21. The van der Waals surface area contributed by atoms with E-state index in [0.717, 1.165) is 27.8 Å². The van der Waals surface area contributed by atoms with Crippen molar-refractivity contribution >= 4 is 32.9 Å². The lowest BCUT2D eigenvalue weighted by Gasteiger charge is -1.90. The zero-order valence-corrected chi connectivity index (χ0v) is 10.9. The minimum Gasteiger partial charge on any atom is -0.314 e. The molecule has 0 aliphatic heterocycles. The Balaban J connectivity index is 2.01. The van der Waals surface area contributed by atoms with Crippen molar-refractivity contribution < 1.29 is 0 Å². The summed E-state index contributed by atoms with van der Waals surface area (Å²) in [5.74, 6) is 0. The molecule has 86 valence electrons. The Labute approximate surface area is 107 Å². The molecule has 0 aliphatic carbocycles. The Kier molecular flexibility index (Phi) is 2.88. The molecule has 0 aliphatic rings. The summed E-state index contributed by atoms with van der Waals surface area (Å²) in [6.45, 7) is 0.815. The zero-order chi connectivity index (χ0) is 11.7. The average Bonchev–Trinajstić information content (AvgIpc) is 2.94. The topological polar surface area (TPSA) is 37.8 Å². The van der Waals surface area contributed by atoms with Crippen molar-refractivity contribution in [1.82, 2.24) is 15.3 Å². The highest BCUT2D eigenvalue weighted by atomic mass is 32.1. The van der Waals surface area contributed by atoms with Crippen LogP contribution in [0, 0.1) is 0 Å². The molecule has 3 nitrogen and oxygen atoms in total. The second kappa shape index (κ2) is 4.52. The van der Waals surface area contributed by atoms with E-state index in [-0.39, 0.29) is 0 Å². The summed E-state index contributed by atoms with van der Waals surface area (Å²) in [6, 6.07) is 8.19. The minimum atomic E-state index is 0.815. The maximum absolute atomic E-state index is 4.60. The van der Waals surface area contributed by atoms with Gasteiger partial charge in [0.25, 0.3) is 0 Å². The first kappa shape index (κ1) is 10.8. The SMILES string of the molecule is CNCc1nc(-c2nc3ccccc3s2)cs1. The van der Waals surface area contributed by atoms with E-state index in [9.17, 15) is 0 Å². The lowest BCUT2D eigenvalue weighted by Crippen LogP contribution is -2.04. The van der Waals surface area contributed by atoms with E-state index in [1.807, 2.05) is 25.2 Å². The van der Waals surface area contributed by atoms with Gasteiger partial charge in [-0.3, -0.25) is 0 Å². The second-order valence-corrected chi connectivity index (χ2v) is 5.62.